The summed E-state index contributed by atoms with van der Waals surface area (Å²) in [5.74, 6) is 1.33. The molecule has 0 radical (unpaired) electrons. The average molecular weight is 275 g/mol. The van der Waals surface area contributed by atoms with Crippen molar-refractivity contribution in [2.45, 2.75) is 51.2 Å². The van der Waals surface area contributed by atoms with E-state index in [9.17, 15) is 5.11 Å². The van der Waals surface area contributed by atoms with Gasteiger partial charge in [0.05, 0.1) is 6.04 Å². The second kappa shape index (κ2) is 5.74. The van der Waals surface area contributed by atoms with Gasteiger partial charge in [-0.1, -0.05) is 26.3 Å². The molecule has 3 rings (SSSR count). The first-order valence-electron chi connectivity index (χ1n) is 7.85. The molecule has 1 aromatic rings. The third-order valence-corrected chi connectivity index (χ3v) is 4.65. The number of aliphatic hydroxyl groups is 1. The van der Waals surface area contributed by atoms with Gasteiger partial charge in [0.15, 0.2) is 0 Å². The highest BCUT2D eigenvalue weighted by Crippen LogP contribution is 2.36. The summed E-state index contributed by atoms with van der Waals surface area (Å²) in [7, 11) is 0. The molecule has 2 unspecified atom stereocenters. The third-order valence-electron chi connectivity index (χ3n) is 4.65. The molecule has 3 nitrogen and oxygen atoms in total. The molecule has 0 amide bonds. The van der Waals surface area contributed by atoms with Crippen LogP contribution in [0.15, 0.2) is 18.2 Å². The van der Waals surface area contributed by atoms with Crippen molar-refractivity contribution in [3.63, 3.8) is 0 Å². The number of likely N-dealkylation sites (tertiary alicyclic amines) is 1. The number of piperidine rings is 1. The SMILES string of the molecule is CC(C)c1ccc2c(c1)C(O)C(N1CCCCC1)CO2. The van der Waals surface area contributed by atoms with Gasteiger partial charge in [-0.15, -0.1) is 0 Å². The molecule has 0 saturated carbocycles. The Morgan fingerprint density at radius 2 is 1.95 bits per heavy atom. The standard InChI is InChI=1S/C17H25NO2/c1-12(2)13-6-7-16-14(10-13)17(19)15(11-20-16)18-8-4-3-5-9-18/h6-7,10,12,15,17,19H,3-5,8-9,11H2,1-2H3. The van der Waals surface area contributed by atoms with E-state index in [4.69, 9.17) is 4.74 Å². The molecule has 2 heterocycles. The fourth-order valence-electron chi connectivity index (χ4n) is 3.32. The summed E-state index contributed by atoms with van der Waals surface area (Å²) in [6.45, 7) is 7.14. The molecule has 110 valence electrons. The third kappa shape index (κ3) is 2.57. The molecule has 2 aliphatic rings. The van der Waals surface area contributed by atoms with Crippen LogP contribution in [0.2, 0.25) is 0 Å². The van der Waals surface area contributed by atoms with E-state index < -0.39 is 6.10 Å². The largest absolute Gasteiger partial charge is 0.491 e. The predicted octanol–water partition coefficient (Wildman–Crippen LogP) is 3.09. The zero-order chi connectivity index (χ0) is 14.1. The lowest BCUT2D eigenvalue weighted by Gasteiger charge is -2.40. The first-order valence-corrected chi connectivity index (χ1v) is 7.85. The second-order valence-corrected chi connectivity index (χ2v) is 6.37. The molecule has 1 N–H and O–H groups in total. The Balaban J connectivity index is 1.84. The van der Waals surface area contributed by atoms with Crippen LogP contribution in [0.1, 0.15) is 56.3 Å². The van der Waals surface area contributed by atoms with Crippen LogP contribution in [0.4, 0.5) is 0 Å². The van der Waals surface area contributed by atoms with Crippen molar-refractivity contribution in [3.8, 4) is 5.75 Å². The van der Waals surface area contributed by atoms with Gasteiger partial charge in [0.1, 0.15) is 18.5 Å². The minimum Gasteiger partial charge on any atom is -0.491 e. The molecule has 20 heavy (non-hydrogen) atoms. The number of fused-ring (bicyclic) bond motifs is 1. The highest BCUT2D eigenvalue weighted by molar-refractivity contribution is 5.42. The van der Waals surface area contributed by atoms with Crippen LogP contribution in [0.25, 0.3) is 0 Å². The Morgan fingerprint density at radius 3 is 2.65 bits per heavy atom. The lowest BCUT2D eigenvalue weighted by atomic mass is 9.92. The Kier molecular flexibility index (Phi) is 3.99. The molecule has 0 aliphatic carbocycles. The van der Waals surface area contributed by atoms with E-state index in [1.54, 1.807) is 0 Å². The first-order chi connectivity index (χ1) is 9.66. The maximum atomic E-state index is 10.8. The monoisotopic (exact) mass is 275 g/mol. The van der Waals surface area contributed by atoms with Crippen LogP contribution in [-0.2, 0) is 0 Å². The number of benzene rings is 1. The number of nitrogens with zero attached hydrogens (tertiary/aromatic N) is 1. The van der Waals surface area contributed by atoms with E-state index in [-0.39, 0.29) is 6.04 Å². The molecule has 2 atom stereocenters. The van der Waals surface area contributed by atoms with Gasteiger partial charge in [-0.3, -0.25) is 4.90 Å². The fourth-order valence-corrected chi connectivity index (χ4v) is 3.32. The Bertz CT molecular complexity index is 466. The van der Waals surface area contributed by atoms with Crippen molar-refractivity contribution in [2.75, 3.05) is 19.7 Å². The summed E-state index contributed by atoms with van der Waals surface area (Å²) >= 11 is 0. The van der Waals surface area contributed by atoms with Crippen LogP contribution < -0.4 is 4.74 Å². The molecule has 0 bridgehead atoms. The zero-order valence-electron chi connectivity index (χ0n) is 12.5. The van der Waals surface area contributed by atoms with Gasteiger partial charge >= 0.3 is 0 Å². The van der Waals surface area contributed by atoms with Crippen molar-refractivity contribution in [1.29, 1.82) is 0 Å². The molecule has 3 heteroatoms. The van der Waals surface area contributed by atoms with E-state index in [1.807, 2.05) is 6.07 Å². The van der Waals surface area contributed by atoms with Gasteiger partial charge in [0.25, 0.3) is 0 Å². The normalized spacial score (nSPS) is 27.2. The lowest BCUT2D eigenvalue weighted by Crippen LogP contribution is -2.48. The van der Waals surface area contributed by atoms with Crippen molar-refractivity contribution < 1.29 is 9.84 Å². The van der Waals surface area contributed by atoms with Crippen molar-refractivity contribution in [3.05, 3.63) is 29.3 Å². The maximum Gasteiger partial charge on any atom is 0.125 e. The van der Waals surface area contributed by atoms with Crippen LogP contribution in [0, 0.1) is 0 Å². The Labute approximate surface area is 121 Å². The first kappa shape index (κ1) is 13.9. The van der Waals surface area contributed by atoms with Crippen molar-refractivity contribution >= 4 is 0 Å². The highest BCUT2D eigenvalue weighted by atomic mass is 16.5. The van der Waals surface area contributed by atoms with Gasteiger partial charge in [0, 0.05) is 5.56 Å². The van der Waals surface area contributed by atoms with E-state index in [0.29, 0.717) is 12.5 Å². The van der Waals surface area contributed by atoms with Gasteiger partial charge in [-0.2, -0.15) is 0 Å². The number of hydrogen-bond acceptors (Lipinski definition) is 3. The molecule has 2 aliphatic heterocycles. The molecule has 0 aromatic heterocycles. The van der Waals surface area contributed by atoms with Gasteiger partial charge in [-0.25, -0.2) is 0 Å². The summed E-state index contributed by atoms with van der Waals surface area (Å²) in [5, 5.41) is 10.8. The second-order valence-electron chi connectivity index (χ2n) is 6.37. The number of hydrogen-bond donors (Lipinski definition) is 1. The molecule has 1 aromatic carbocycles. The molecule has 0 spiro atoms. The average Bonchev–Trinajstić information content (AvgIpc) is 2.48. The zero-order valence-corrected chi connectivity index (χ0v) is 12.5. The quantitative estimate of drug-likeness (QED) is 0.900. The molecular weight excluding hydrogens is 250 g/mol. The fraction of sp³-hybridized carbons (Fsp3) is 0.647. The Morgan fingerprint density at radius 1 is 1.20 bits per heavy atom. The van der Waals surface area contributed by atoms with E-state index in [1.165, 1.54) is 24.8 Å². The van der Waals surface area contributed by atoms with Crippen LogP contribution in [0.3, 0.4) is 0 Å². The maximum absolute atomic E-state index is 10.8. The van der Waals surface area contributed by atoms with Gasteiger partial charge < -0.3 is 9.84 Å². The van der Waals surface area contributed by atoms with Gasteiger partial charge in [-0.05, 0) is 49.5 Å². The predicted molar refractivity (Wildman–Crippen MR) is 80.2 cm³/mol. The smallest absolute Gasteiger partial charge is 0.125 e. The summed E-state index contributed by atoms with van der Waals surface area (Å²) in [5.41, 5.74) is 2.24. The molecule has 1 saturated heterocycles. The van der Waals surface area contributed by atoms with Crippen LogP contribution in [0.5, 0.6) is 5.75 Å². The Hall–Kier alpha value is -1.06. The molecule has 1 fully saturated rings. The van der Waals surface area contributed by atoms with E-state index in [2.05, 4.69) is 30.9 Å². The summed E-state index contributed by atoms with van der Waals surface area (Å²) in [6.07, 6.45) is 3.37. The number of rotatable bonds is 2. The minimum atomic E-state index is -0.421. The van der Waals surface area contributed by atoms with Crippen molar-refractivity contribution in [1.82, 2.24) is 4.90 Å². The van der Waals surface area contributed by atoms with Gasteiger partial charge in [0.2, 0.25) is 0 Å². The summed E-state index contributed by atoms with van der Waals surface area (Å²) in [4.78, 5) is 2.40. The number of aliphatic hydroxyl groups excluding tert-OH is 1. The topological polar surface area (TPSA) is 32.7 Å². The van der Waals surface area contributed by atoms with Crippen LogP contribution >= 0.6 is 0 Å². The highest BCUT2D eigenvalue weighted by Gasteiger charge is 2.34. The number of ether oxygens (including phenoxy) is 1. The van der Waals surface area contributed by atoms with Crippen LogP contribution in [-0.4, -0.2) is 35.7 Å². The van der Waals surface area contributed by atoms with E-state index in [0.717, 1.165) is 24.4 Å². The minimum absolute atomic E-state index is 0.116. The van der Waals surface area contributed by atoms with Crippen molar-refractivity contribution in [2.24, 2.45) is 0 Å². The molecular formula is C17H25NO2. The van der Waals surface area contributed by atoms with E-state index >= 15 is 0 Å². The summed E-state index contributed by atoms with van der Waals surface area (Å²) < 4.78 is 5.89. The lowest BCUT2D eigenvalue weighted by molar-refractivity contribution is -0.00440. The summed E-state index contributed by atoms with van der Waals surface area (Å²) in [6, 6.07) is 6.36.